The van der Waals surface area contributed by atoms with E-state index in [1.54, 1.807) is 18.3 Å². The molecule has 0 aliphatic rings. The average molecular weight is 298 g/mol. The van der Waals surface area contributed by atoms with Crippen LogP contribution in [0.1, 0.15) is 0 Å². The molecule has 0 saturated carbocycles. The third-order valence-corrected chi connectivity index (χ3v) is 3.35. The number of hydrogen-bond donors (Lipinski definition) is 2. The molecule has 2 N–H and O–H groups in total. The van der Waals surface area contributed by atoms with Crippen molar-refractivity contribution in [1.82, 2.24) is 4.98 Å². The summed E-state index contributed by atoms with van der Waals surface area (Å²) in [6, 6.07) is 16.6. The third-order valence-electron chi connectivity index (χ3n) is 3.05. The lowest BCUT2D eigenvalue weighted by Gasteiger charge is -2.10. The average Bonchev–Trinajstić information content (AvgIpc) is 2.50. The van der Waals surface area contributed by atoms with Crippen LogP contribution < -0.4 is 10.6 Å². The number of pyridine rings is 1. The van der Waals surface area contributed by atoms with Gasteiger partial charge in [0.25, 0.3) is 0 Å². The van der Waals surface area contributed by atoms with Crippen molar-refractivity contribution in [3.8, 4) is 0 Å². The Morgan fingerprint density at radius 2 is 1.62 bits per heavy atom. The van der Waals surface area contributed by atoms with Gasteiger partial charge < -0.3 is 10.6 Å². The molecule has 104 valence electrons. The molecule has 0 radical (unpaired) electrons. The first kappa shape index (κ1) is 13.4. The van der Waals surface area contributed by atoms with Crippen LogP contribution in [-0.4, -0.2) is 11.0 Å². The monoisotopic (exact) mass is 297 g/mol. The van der Waals surface area contributed by atoms with E-state index < -0.39 is 0 Å². The van der Waals surface area contributed by atoms with Crippen molar-refractivity contribution in [2.24, 2.45) is 0 Å². The maximum atomic E-state index is 12.1. The van der Waals surface area contributed by atoms with Gasteiger partial charge in [-0.3, -0.25) is 0 Å². The van der Waals surface area contributed by atoms with Gasteiger partial charge in [-0.1, -0.05) is 48.0 Å². The van der Waals surface area contributed by atoms with Gasteiger partial charge in [0, 0.05) is 11.6 Å². The number of rotatable bonds is 2. The number of anilines is 2. The zero-order valence-corrected chi connectivity index (χ0v) is 11.8. The van der Waals surface area contributed by atoms with Crippen LogP contribution in [0.4, 0.5) is 16.2 Å². The number of nitrogens with one attached hydrogen (secondary N) is 2. The summed E-state index contributed by atoms with van der Waals surface area (Å²) in [7, 11) is 0. The Morgan fingerprint density at radius 1 is 0.905 bits per heavy atom. The maximum absolute atomic E-state index is 12.1. The summed E-state index contributed by atoms with van der Waals surface area (Å²) >= 11 is 5.91. The minimum atomic E-state index is -0.360. The van der Waals surface area contributed by atoms with Crippen LogP contribution in [-0.2, 0) is 0 Å². The predicted molar refractivity (Wildman–Crippen MR) is 85.8 cm³/mol. The SMILES string of the molecule is O=C(Nc1cccnc1Cl)Nc1cccc2ccccc12. The van der Waals surface area contributed by atoms with Crippen LogP contribution in [0.3, 0.4) is 0 Å². The highest BCUT2D eigenvalue weighted by Gasteiger charge is 2.07. The van der Waals surface area contributed by atoms with Crippen molar-refractivity contribution in [2.75, 3.05) is 10.6 Å². The summed E-state index contributed by atoms with van der Waals surface area (Å²) in [5, 5.41) is 7.80. The second-order valence-electron chi connectivity index (χ2n) is 4.45. The van der Waals surface area contributed by atoms with Gasteiger partial charge in [-0.05, 0) is 23.6 Å². The molecule has 3 aromatic rings. The molecule has 0 aliphatic carbocycles. The number of hydrogen-bond acceptors (Lipinski definition) is 2. The molecule has 0 saturated heterocycles. The Bertz CT molecular complexity index is 799. The summed E-state index contributed by atoms with van der Waals surface area (Å²) in [6.45, 7) is 0. The lowest BCUT2D eigenvalue weighted by molar-refractivity contribution is 0.262. The Hall–Kier alpha value is -2.59. The van der Waals surface area contributed by atoms with Crippen LogP contribution in [0.2, 0.25) is 5.15 Å². The minimum Gasteiger partial charge on any atom is -0.307 e. The molecule has 21 heavy (non-hydrogen) atoms. The van der Waals surface area contributed by atoms with E-state index in [0.717, 1.165) is 16.5 Å². The standard InChI is InChI=1S/C16H12ClN3O/c17-15-14(9-4-10-18-15)20-16(21)19-13-8-3-6-11-5-1-2-7-12(11)13/h1-10H,(H2,19,20,21). The van der Waals surface area contributed by atoms with Gasteiger partial charge in [0.2, 0.25) is 0 Å². The Morgan fingerprint density at radius 3 is 2.48 bits per heavy atom. The molecule has 0 fully saturated rings. The fraction of sp³-hybridized carbons (Fsp3) is 0. The molecular formula is C16H12ClN3O. The van der Waals surface area contributed by atoms with Gasteiger partial charge in [-0.2, -0.15) is 0 Å². The molecule has 4 nitrogen and oxygen atoms in total. The summed E-state index contributed by atoms with van der Waals surface area (Å²) in [5.41, 5.74) is 1.21. The van der Waals surface area contributed by atoms with Gasteiger partial charge in [0.1, 0.15) is 0 Å². The Kier molecular flexibility index (Phi) is 3.71. The van der Waals surface area contributed by atoms with E-state index in [-0.39, 0.29) is 11.2 Å². The number of fused-ring (bicyclic) bond motifs is 1. The third kappa shape index (κ3) is 2.95. The molecule has 2 aromatic carbocycles. The minimum absolute atomic E-state index is 0.255. The zero-order chi connectivity index (χ0) is 14.7. The van der Waals surface area contributed by atoms with E-state index in [1.807, 2.05) is 42.5 Å². The molecule has 1 aromatic heterocycles. The largest absolute Gasteiger partial charge is 0.323 e. The van der Waals surface area contributed by atoms with Gasteiger partial charge in [0.05, 0.1) is 11.4 Å². The lowest BCUT2D eigenvalue weighted by Crippen LogP contribution is -2.19. The highest BCUT2D eigenvalue weighted by Crippen LogP contribution is 2.23. The normalized spacial score (nSPS) is 10.3. The number of carbonyl (C=O) groups is 1. The fourth-order valence-corrected chi connectivity index (χ4v) is 2.26. The summed E-state index contributed by atoms with van der Waals surface area (Å²) in [4.78, 5) is 16.0. The smallest absolute Gasteiger partial charge is 0.307 e. The molecule has 5 heteroatoms. The predicted octanol–water partition coefficient (Wildman–Crippen LogP) is 4.53. The van der Waals surface area contributed by atoms with Crippen molar-refractivity contribution in [3.05, 3.63) is 65.9 Å². The van der Waals surface area contributed by atoms with Crippen LogP contribution >= 0.6 is 11.6 Å². The maximum Gasteiger partial charge on any atom is 0.323 e. The molecule has 0 bridgehead atoms. The Labute approximate surface area is 126 Å². The summed E-state index contributed by atoms with van der Waals surface area (Å²) in [5.74, 6) is 0. The van der Waals surface area contributed by atoms with Crippen LogP contribution in [0.5, 0.6) is 0 Å². The van der Waals surface area contributed by atoms with E-state index in [2.05, 4.69) is 15.6 Å². The first-order chi connectivity index (χ1) is 10.2. The number of nitrogens with zero attached hydrogens (tertiary/aromatic N) is 1. The molecule has 0 aliphatic heterocycles. The first-order valence-electron chi connectivity index (χ1n) is 6.40. The molecule has 3 rings (SSSR count). The van der Waals surface area contributed by atoms with Crippen LogP contribution in [0, 0.1) is 0 Å². The highest BCUT2D eigenvalue weighted by atomic mass is 35.5. The molecule has 0 unspecified atom stereocenters. The van der Waals surface area contributed by atoms with E-state index in [4.69, 9.17) is 11.6 Å². The summed E-state index contributed by atoms with van der Waals surface area (Å²) < 4.78 is 0. The fourth-order valence-electron chi connectivity index (χ4n) is 2.09. The first-order valence-corrected chi connectivity index (χ1v) is 6.78. The number of aromatic nitrogens is 1. The quantitative estimate of drug-likeness (QED) is 0.683. The zero-order valence-electron chi connectivity index (χ0n) is 11.0. The number of amides is 2. The second-order valence-corrected chi connectivity index (χ2v) is 4.81. The van der Waals surface area contributed by atoms with Crippen molar-refractivity contribution in [3.63, 3.8) is 0 Å². The van der Waals surface area contributed by atoms with E-state index in [0.29, 0.717) is 5.69 Å². The number of halogens is 1. The molecule has 0 atom stereocenters. The van der Waals surface area contributed by atoms with E-state index in [9.17, 15) is 4.79 Å². The van der Waals surface area contributed by atoms with Gasteiger partial charge in [-0.15, -0.1) is 0 Å². The van der Waals surface area contributed by atoms with E-state index in [1.165, 1.54) is 0 Å². The molecule has 2 amide bonds. The van der Waals surface area contributed by atoms with Gasteiger partial charge in [-0.25, -0.2) is 9.78 Å². The number of urea groups is 1. The lowest BCUT2D eigenvalue weighted by atomic mass is 10.1. The molecule has 1 heterocycles. The Balaban J connectivity index is 1.82. The topological polar surface area (TPSA) is 54.0 Å². The van der Waals surface area contributed by atoms with E-state index >= 15 is 0 Å². The van der Waals surface area contributed by atoms with Crippen molar-refractivity contribution < 1.29 is 4.79 Å². The van der Waals surface area contributed by atoms with Crippen LogP contribution in [0.25, 0.3) is 10.8 Å². The van der Waals surface area contributed by atoms with Crippen molar-refractivity contribution >= 4 is 39.8 Å². The van der Waals surface area contributed by atoms with Crippen molar-refractivity contribution in [2.45, 2.75) is 0 Å². The second kappa shape index (κ2) is 5.81. The number of carbonyl (C=O) groups excluding carboxylic acids is 1. The van der Waals surface area contributed by atoms with Crippen LogP contribution in [0.15, 0.2) is 60.8 Å². The van der Waals surface area contributed by atoms with Gasteiger partial charge >= 0.3 is 6.03 Å². The molecular weight excluding hydrogens is 286 g/mol. The van der Waals surface area contributed by atoms with Gasteiger partial charge in [0.15, 0.2) is 5.15 Å². The summed E-state index contributed by atoms with van der Waals surface area (Å²) in [6.07, 6.45) is 1.57. The number of benzene rings is 2. The van der Waals surface area contributed by atoms with Crippen molar-refractivity contribution in [1.29, 1.82) is 0 Å². The highest BCUT2D eigenvalue weighted by molar-refractivity contribution is 6.32. The molecule has 0 spiro atoms.